The third-order valence-corrected chi connectivity index (χ3v) is 4.37. The second kappa shape index (κ2) is 8.53. The lowest BCUT2D eigenvalue weighted by molar-refractivity contribution is 0.183. The van der Waals surface area contributed by atoms with E-state index in [1.165, 1.54) is 5.69 Å². The van der Waals surface area contributed by atoms with E-state index in [2.05, 4.69) is 44.9 Å². The number of anilines is 2. The lowest BCUT2D eigenvalue weighted by atomic mass is 10.1. The summed E-state index contributed by atoms with van der Waals surface area (Å²) in [5, 5.41) is 9.95. The van der Waals surface area contributed by atoms with Crippen molar-refractivity contribution in [1.29, 1.82) is 0 Å². The van der Waals surface area contributed by atoms with Crippen molar-refractivity contribution < 1.29 is 9.53 Å². The number of rotatable bonds is 7. The van der Waals surface area contributed by atoms with E-state index in [9.17, 15) is 4.79 Å². The van der Waals surface area contributed by atoms with E-state index < -0.39 is 0 Å². The third kappa shape index (κ3) is 4.96. The van der Waals surface area contributed by atoms with Crippen LogP contribution in [0.5, 0.6) is 0 Å². The summed E-state index contributed by atoms with van der Waals surface area (Å²) in [5.41, 5.74) is 1.93. The number of ether oxygens (including phenoxy) is 1. The number of para-hydroxylation sites is 1. The van der Waals surface area contributed by atoms with Crippen molar-refractivity contribution in [3.63, 3.8) is 0 Å². The van der Waals surface area contributed by atoms with Crippen LogP contribution in [-0.2, 0) is 11.3 Å². The predicted molar refractivity (Wildman–Crippen MR) is 97.9 cm³/mol. The standard InChI is InChI=1S/C18H25N5O2/c1-25-10-9-23-14-16(12-20-23)21-18(24)19-11-15-7-8-22(13-15)17-5-3-2-4-6-17/h2-6,12,14-15H,7-11,13H2,1H3,(H2,19,21,24)/t15-/m1/s1. The van der Waals surface area contributed by atoms with Crippen LogP contribution in [0.15, 0.2) is 42.7 Å². The van der Waals surface area contributed by atoms with E-state index in [1.54, 1.807) is 24.2 Å². The molecule has 134 valence electrons. The number of nitrogens with zero attached hydrogens (tertiary/aromatic N) is 3. The molecule has 0 radical (unpaired) electrons. The first-order chi connectivity index (χ1) is 12.2. The molecule has 0 aliphatic carbocycles. The number of nitrogens with one attached hydrogen (secondary N) is 2. The second-order valence-electron chi connectivity index (χ2n) is 6.26. The zero-order valence-electron chi connectivity index (χ0n) is 14.5. The fourth-order valence-electron chi connectivity index (χ4n) is 3.02. The highest BCUT2D eigenvalue weighted by atomic mass is 16.5. The first-order valence-corrected chi connectivity index (χ1v) is 8.61. The smallest absolute Gasteiger partial charge is 0.319 e. The SMILES string of the molecule is COCCn1cc(NC(=O)NC[C@H]2CCN(c3ccccc3)C2)cn1. The first-order valence-electron chi connectivity index (χ1n) is 8.61. The Bertz CT molecular complexity index is 673. The van der Waals surface area contributed by atoms with Crippen LogP contribution in [0, 0.1) is 5.92 Å². The molecule has 2 N–H and O–H groups in total. The van der Waals surface area contributed by atoms with Gasteiger partial charge in [0.1, 0.15) is 0 Å². The van der Waals surface area contributed by atoms with Crippen LogP contribution >= 0.6 is 0 Å². The molecule has 3 rings (SSSR count). The average molecular weight is 343 g/mol. The molecule has 25 heavy (non-hydrogen) atoms. The van der Waals surface area contributed by atoms with Crippen LogP contribution in [0.4, 0.5) is 16.2 Å². The molecule has 0 spiro atoms. The first kappa shape index (κ1) is 17.3. The maximum atomic E-state index is 12.0. The van der Waals surface area contributed by atoms with E-state index in [0.29, 0.717) is 31.3 Å². The van der Waals surface area contributed by atoms with Gasteiger partial charge in [0, 0.05) is 38.6 Å². The number of carbonyl (C=O) groups is 1. The van der Waals surface area contributed by atoms with Gasteiger partial charge in [0.25, 0.3) is 0 Å². The van der Waals surface area contributed by atoms with Crippen LogP contribution in [-0.4, -0.2) is 49.2 Å². The maximum absolute atomic E-state index is 12.0. The van der Waals surface area contributed by atoms with Gasteiger partial charge in [-0.25, -0.2) is 4.79 Å². The number of amides is 2. The van der Waals surface area contributed by atoms with Gasteiger partial charge in [-0.1, -0.05) is 18.2 Å². The van der Waals surface area contributed by atoms with Crippen molar-refractivity contribution in [2.45, 2.75) is 13.0 Å². The van der Waals surface area contributed by atoms with Crippen molar-refractivity contribution >= 4 is 17.4 Å². The fraction of sp³-hybridized carbons (Fsp3) is 0.444. The molecule has 1 fully saturated rings. The van der Waals surface area contributed by atoms with Crippen LogP contribution < -0.4 is 15.5 Å². The molecule has 2 aromatic rings. The number of aromatic nitrogens is 2. The maximum Gasteiger partial charge on any atom is 0.319 e. The van der Waals surface area contributed by atoms with Gasteiger partial charge in [-0.3, -0.25) is 4.68 Å². The largest absolute Gasteiger partial charge is 0.383 e. The Hall–Kier alpha value is -2.54. The second-order valence-corrected chi connectivity index (χ2v) is 6.26. The van der Waals surface area contributed by atoms with Gasteiger partial charge in [0.15, 0.2) is 0 Å². The van der Waals surface area contributed by atoms with E-state index in [1.807, 2.05) is 6.07 Å². The van der Waals surface area contributed by atoms with Crippen molar-refractivity contribution in [1.82, 2.24) is 15.1 Å². The molecule has 0 bridgehead atoms. The summed E-state index contributed by atoms with van der Waals surface area (Å²) in [6, 6.07) is 10.2. The molecule has 1 aliphatic heterocycles. The van der Waals surface area contributed by atoms with Crippen LogP contribution in [0.25, 0.3) is 0 Å². The Morgan fingerprint density at radius 3 is 3.00 bits per heavy atom. The van der Waals surface area contributed by atoms with Gasteiger partial charge in [-0.2, -0.15) is 5.10 Å². The van der Waals surface area contributed by atoms with Crippen molar-refractivity contribution in [3.05, 3.63) is 42.7 Å². The molecular formula is C18H25N5O2. The Labute approximate surface area is 148 Å². The Morgan fingerprint density at radius 2 is 2.20 bits per heavy atom. The summed E-state index contributed by atoms with van der Waals surface area (Å²) in [4.78, 5) is 14.4. The Kier molecular flexibility index (Phi) is 5.90. The molecule has 1 aliphatic rings. The molecule has 0 unspecified atom stereocenters. The van der Waals surface area contributed by atoms with E-state index in [-0.39, 0.29) is 6.03 Å². The van der Waals surface area contributed by atoms with E-state index >= 15 is 0 Å². The molecule has 1 aromatic heterocycles. The Balaban J connectivity index is 1.40. The summed E-state index contributed by atoms with van der Waals surface area (Å²) in [6.07, 6.45) is 4.53. The molecule has 2 heterocycles. The lowest BCUT2D eigenvalue weighted by Crippen LogP contribution is -2.34. The molecule has 1 saturated heterocycles. The minimum absolute atomic E-state index is 0.190. The zero-order valence-corrected chi connectivity index (χ0v) is 14.5. The minimum Gasteiger partial charge on any atom is -0.383 e. The van der Waals surface area contributed by atoms with Crippen molar-refractivity contribution in [2.75, 3.05) is 43.6 Å². The molecule has 1 atom stereocenters. The van der Waals surface area contributed by atoms with Gasteiger partial charge < -0.3 is 20.3 Å². The molecule has 1 aromatic carbocycles. The number of urea groups is 1. The predicted octanol–water partition coefficient (Wildman–Crippen LogP) is 2.18. The van der Waals surface area contributed by atoms with Gasteiger partial charge in [-0.05, 0) is 24.5 Å². The van der Waals surface area contributed by atoms with Gasteiger partial charge in [0.2, 0.25) is 0 Å². The molecule has 2 amide bonds. The average Bonchev–Trinajstić information content (AvgIpc) is 3.28. The topological polar surface area (TPSA) is 71.4 Å². The van der Waals surface area contributed by atoms with Crippen molar-refractivity contribution in [2.24, 2.45) is 5.92 Å². The minimum atomic E-state index is -0.190. The monoisotopic (exact) mass is 343 g/mol. The lowest BCUT2D eigenvalue weighted by Gasteiger charge is -2.18. The van der Waals surface area contributed by atoms with Crippen LogP contribution in [0.2, 0.25) is 0 Å². The third-order valence-electron chi connectivity index (χ3n) is 4.37. The summed E-state index contributed by atoms with van der Waals surface area (Å²) in [7, 11) is 1.65. The van der Waals surface area contributed by atoms with Gasteiger partial charge in [-0.15, -0.1) is 0 Å². The number of carbonyl (C=O) groups excluding carboxylic acids is 1. The number of methoxy groups -OCH3 is 1. The summed E-state index contributed by atoms with van der Waals surface area (Å²) >= 11 is 0. The van der Waals surface area contributed by atoms with Crippen LogP contribution in [0.3, 0.4) is 0 Å². The Morgan fingerprint density at radius 1 is 1.36 bits per heavy atom. The zero-order chi connectivity index (χ0) is 17.5. The van der Waals surface area contributed by atoms with E-state index in [4.69, 9.17) is 4.74 Å². The summed E-state index contributed by atoms with van der Waals surface area (Å²) < 4.78 is 6.75. The van der Waals surface area contributed by atoms with Crippen molar-refractivity contribution in [3.8, 4) is 0 Å². The summed E-state index contributed by atoms with van der Waals surface area (Å²) in [5.74, 6) is 0.468. The number of hydrogen-bond donors (Lipinski definition) is 2. The highest BCUT2D eigenvalue weighted by Crippen LogP contribution is 2.22. The molecule has 7 heteroatoms. The van der Waals surface area contributed by atoms with Gasteiger partial charge >= 0.3 is 6.03 Å². The molecule has 7 nitrogen and oxygen atoms in total. The quantitative estimate of drug-likeness (QED) is 0.808. The van der Waals surface area contributed by atoms with Gasteiger partial charge in [0.05, 0.1) is 25.0 Å². The highest BCUT2D eigenvalue weighted by molar-refractivity contribution is 5.88. The number of hydrogen-bond acceptors (Lipinski definition) is 4. The highest BCUT2D eigenvalue weighted by Gasteiger charge is 2.22. The number of benzene rings is 1. The van der Waals surface area contributed by atoms with E-state index in [0.717, 1.165) is 19.5 Å². The van der Waals surface area contributed by atoms with Crippen LogP contribution in [0.1, 0.15) is 6.42 Å². The molecule has 0 saturated carbocycles. The fourth-order valence-corrected chi connectivity index (χ4v) is 3.02. The molecular weight excluding hydrogens is 318 g/mol. The normalized spacial score (nSPS) is 16.8. The summed E-state index contributed by atoms with van der Waals surface area (Å²) in [6.45, 7) is 3.93.